The average molecular weight is 300 g/mol. The van der Waals surface area contributed by atoms with Gasteiger partial charge in [-0.3, -0.25) is 0 Å². The van der Waals surface area contributed by atoms with Gasteiger partial charge in [-0.1, -0.05) is 64.1 Å². The Bertz CT molecular complexity index is 504. The Balaban J connectivity index is 1.97. The summed E-state index contributed by atoms with van der Waals surface area (Å²) in [4.78, 5) is 12.4. The summed E-state index contributed by atoms with van der Waals surface area (Å²) in [6.07, 6.45) is 3.50. The second kappa shape index (κ2) is 7.62. The molecule has 0 radical (unpaired) electrons. The number of carbonyl (C=O) groups is 1. The Morgan fingerprint density at radius 1 is 1.27 bits per heavy atom. The van der Waals surface area contributed by atoms with Crippen molar-refractivity contribution >= 4 is 5.97 Å². The molecule has 2 nitrogen and oxygen atoms in total. The molecular weight excluding hydrogens is 272 g/mol. The van der Waals surface area contributed by atoms with E-state index in [4.69, 9.17) is 4.74 Å². The minimum Gasteiger partial charge on any atom is -0.457 e. The molecule has 0 heterocycles. The zero-order valence-corrected chi connectivity index (χ0v) is 14.0. The minimum atomic E-state index is -0.228. The van der Waals surface area contributed by atoms with Crippen LogP contribution in [0, 0.1) is 23.7 Å². The maximum absolute atomic E-state index is 12.4. The molecule has 1 fully saturated rings. The van der Waals surface area contributed by atoms with E-state index in [0.29, 0.717) is 29.9 Å². The van der Waals surface area contributed by atoms with Gasteiger partial charge in [0.2, 0.25) is 0 Å². The van der Waals surface area contributed by atoms with E-state index in [-0.39, 0.29) is 11.9 Å². The second-order valence-corrected chi connectivity index (χ2v) is 7.02. The van der Waals surface area contributed by atoms with E-state index in [2.05, 4.69) is 27.4 Å². The Morgan fingerprint density at radius 3 is 2.59 bits per heavy atom. The fourth-order valence-corrected chi connectivity index (χ4v) is 3.57. The van der Waals surface area contributed by atoms with Gasteiger partial charge in [0, 0.05) is 5.57 Å². The maximum atomic E-state index is 12.4. The molecule has 0 N–H and O–H groups in total. The van der Waals surface area contributed by atoms with E-state index < -0.39 is 0 Å². The molecule has 1 saturated carbocycles. The molecule has 0 aromatic heterocycles. The molecule has 1 aromatic rings. The highest BCUT2D eigenvalue weighted by molar-refractivity contribution is 5.88. The van der Waals surface area contributed by atoms with Gasteiger partial charge < -0.3 is 4.74 Å². The average Bonchev–Trinajstić information content (AvgIpc) is 2.52. The molecule has 1 aliphatic rings. The van der Waals surface area contributed by atoms with Crippen molar-refractivity contribution in [2.45, 2.75) is 46.6 Å². The SMILES string of the molecule is C=C(C(=O)OCc1ccccc1)C1CC(C)CCC1C(C)C. The van der Waals surface area contributed by atoms with E-state index in [1.54, 1.807) is 0 Å². The third-order valence-electron chi connectivity index (χ3n) is 4.94. The van der Waals surface area contributed by atoms with Gasteiger partial charge in [0.05, 0.1) is 0 Å². The molecule has 0 amide bonds. The van der Waals surface area contributed by atoms with Crippen LogP contribution in [-0.4, -0.2) is 5.97 Å². The van der Waals surface area contributed by atoms with Gasteiger partial charge >= 0.3 is 5.97 Å². The van der Waals surface area contributed by atoms with Crippen molar-refractivity contribution < 1.29 is 9.53 Å². The summed E-state index contributed by atoms with van der Waals surface area (Å²) in [5, 5.41) is 0. The number of benzene rings is 1. The Morgan fingerprint density at radius 2 is 1.95 bits per heavy atom. The van der Waals surface area contributed by atoms with E-state index in [1.807, 2.05) is 30.3 Å². The van der Waals surface area contributed by atoms with Crippen LogP contribution in [-0.2, 0) is 16.1 Å². The van der Waals surface area contributed by atoms with E-state index in [0.717, 1.165) is 12.0 Å². The largest absolute Gasteiger partial charge is 0.457 e. The maximum Gasteiger partial charge on any atom is 0.334 e. The number of ether oxygens (including phenoxy) is 1. The van der Waals surface area contributed by atoms with Crippen molar-refractivity contribution in [1.82, 2.24) is 0 Å². The van der Waals surface area contributed by atoms with Gasteiger partial charge in [-0.25, -0.2) is 4.79 Å². The molecule has 2 heteroatoms. The van der Waals surface area contributed by atoms with Crippen LogP contribution < -0.4 is 0 Å². The van der Waals surface area contributed by atoms with Gasteiger partial charge in [0.15, 0.2) is 0 Å². The lowest BCUT2D eigenvalue weighted by atomic mass is 9.67. The van der Waals surface area contributed by atoms with Crippen LogP contribution in [0.1, 0.15) is 45.6 Å². The first kappa shape index (κ1) is 16.8. The Hall–Kier alpha value is -1.57. The molecule has 0 aliphatic heterocycles. The molecule has 3 unspecified atom stereocenters. The molecule has 2 rings (SSSR count). The molecule has 1 aliphatic carbocycles. The number of hydrogen-bond acceptors (Lipinski definition) is 2. The summed E-state index contributed by atoms with van der Waals surface area (Å²) in [6.45, 7) is 11.2. The Labute approximate surface area is 134 Å². The summed E-state index contributed by atoms with van der Waals surface area (Å²) in [5.41, 5.74) is 1.68. The monoisotopic (exact) mass is 300 g/mol. The Kier molecular flexibility index (Phi) is 5.82. The van der Waals surface area contributed by atoms with Crippen LogP contribution in [0.15, 0.2) is 42.5 Å². The molecule has 0 bridgehead atoms. The molecule has 0 saturated heterocycles. The van der Waals surface area contributed by atoms with Crippen LogP contribution in [0.25, 0.3) is 0 Å². The third kappa shape index (κ3) is 4.22. The lowest BCUT2D eigenvalue weighted by molar-refractivity contribution is -0.141. The molecule has 1 aromatic carbocycles. The normalized spacial score (nSPS) is 25.0. The van der Waals surface area contributed by atoms with Gasteiger partial charge in [-0.15, -0.1) is 0 Å². The van der Waals surface area contributed by atoms with Crippen molar-refractivity contribution in [1.29, 1.82) is 0 Å². The van der Waals surface area contributed by atoms with Crippen molar-refractivity contribution in [3.05, 3.63) is 48.0 Å². The molecule has 0 spiro atoms. The molecule has 3 atom stereocenters. The lowest BCUT2D eigenvalue weighted by Gasteiger charge is -2.37. The fraction of sp³-hybridized carbons (Fsp3) is 0.550. The molecule has 120 valence electrons. The summed E-state index contributed by atoms with van der Waals surface area (Å²) in [5.74, 6) is 1.84. The summed E-state index contributed by atoms with van der Waals surface area (Å²) < 4.78 is 5.47. The standard InChI is InChI=1S/C20H28O2/c1-14(2)18-11-10-15(3)12-19(18)16(4)20(21)22-13-17-8-6-5-7-9-17/h5-9,14-15,18-19H,4,10-13H2,1-3H3. The highest BCUT2D eigenvalue weighted by Crippen LogP contribution is 2.41. The predicted molar refractivity (Wildman–Crippen MR) is 90.2 cm³/mol. The van der Waals surface area contributed by atoms with Crippen molar-refractivity contribution in [2.75, 3.05) is 0 Å². The summed E-state index contributed by atoms with van der Waals surface area (Å²) >= 11 is 0. The van der Waals surface area contributed by atoms with Crippen LogP contribution in [0.2, 0.25) is 0 Å². The van der Waals surface area contributed by atoms with Crippen molar-refractivity contribution in [2.24, 2.45) is 23.7 Å². The number of carbonyl (C=O) groups excluding carboxylic acids is 1. The van der Waals surface area contributed by atoms with E-state index in [1.165, 1.54) is 12.8 Å². The number of rotatable bonds is 5. The van der Waals surface area contributed by atoms with Crippen LogP contribution in [0.3, 0.4) is 0 Å². The first-order chi connectivity index (χ1) is 10.5. The fourth-order valence-electron chi connectivity index (χ4n) is 3.57. The topological polar surface area (TPSA) is 26.3 Å². The minimum absolute atomic E-state index is 0.228. The number of hydrogen-bond donors (Lipinski definition) is 0. The third-order valence-corrected chi connectivity index (χ3v) is 4.94. The molecular formula is C20H28O2. The van der Waals surface area contributed by atoms with E-state index >= 15 is 0 Å². The van der Waals surface area contributed by atoms with Crippen molar-refractivity contribution in [3.63, 3.8) is 0 Å². The highest BCUT2D eigenvalue weighted by atomic mass is 16.5. The van der Waals surface area contributed by atoms with Crippen LogP contribution in [0.4, 0.5) is 0 Å². The smallest absolute Gasteiger partial charge is 0.334 e. The predicted octanol–water partition coefficient (Wildman–Crippen LogP) is 4.99. The first-order valence-corrected chi connectivity index (χ1v) is 8.39. The van der Waals surface area contributed by atoms with E-state index in [9.17, 15) is 4.79 Å². The van der Waals surface area contributed by atoms with Gasteiger partial charge in [0.25, 0.3) is 0 Å². The summed E-state index contributed by atoms with van der Waals surface area (Å²) in [6, 6.07) is 9.80. The zero-order valence-electron chi connectivity index (χ0n) is 14.0. The summed E-state index contributed by atoms with van der Waals surface area (Å²) in [7, 11) is 0. The number of esters is 1. The zero-order chi connectivity index (χ0) is 16.1. The van der Waals surface area contributed by atoms with Crippen molar-refractivity contribution in [3.8, 4) is 0 Å². The molecule has 22 heavy (non-hydrogen) atoms. The van der Waals surface area contributed by atoms with Crippen LogP contribution in [0.5, 0.6) is 0 Å². The van der Waals surface area contributed by atoms with Gasteiger partial charge in [-0.05, 0) is 42.1 Å². The quantitative estimate of drug-likeness (QED) is 0.565. The second-order valence-electron chi connectivity index (χ2n) is 7.02. The first-order valence-electron chi connectivity index (χ1n) is 8.39. The van der Waals surface area contributed by atoms with Crippen LogP contribution >= 0.6 is 0 Å². The lowest BCUT2D eigenvalue weighted by Crippen LogP contribution is -2.31. The van der Waals surface area contributed by atoms with Gasteiger partial charge in [0.1, 0.15) is 6.61 Å². The highest BCUT2D eigenvalue weighted by Gasteiger charge is 2.35. The van der Waals surface area contributed by atoms with Gasteiger partial charge in [-0.2, -0.15) is 0 Å².